The highest BCUT2D eigenvalue weighted by Crippen LogP contribution is 2.29. The Morgan fingerprint density at radius 3 is 1.33 bits per heavy atom. The molecule has 0 saturated heterocycles. The molecule has 8 nitrogen and oxygen atoms in total. The smallest absolute Gasteiger partial charge is 0.158 e. The lowest BCUT2D eigenvalue weighted by molar-refractivity contribution is 0.182. The maximum Gasteiger partial charge on any atom is 0.204 e. The molecule has 4 aromatic rings. The summed E-state index contributed by atoms with van der Waals surface area (Å²) >= 11 is 0. The van der Waals surface area contributed by atoms with Crippen molar-refractivity contribution in [1.29, 1.82) is 0 Å². The Balaban J connectivity index is 1.46. The average Bonchev–Trinajstić information content (AvgIpc) is 3.45. The molecular formula is C22H26N8. The van der Waals surface area contributed by atoms with Crippen molar-refractivity contribution in [2.24, 2.45) is 0 Å². The van der Waals surface area contributed by atoms with Crippen molar-refractivity contribution in [2.75, 3.05) is 0 Å². The lowest BCUT2D eigenvalue weighted by Crippen LogP contribution is -2.35. The van der Waals surface area contributed by atoms with E-state index in [1.54, 1.807) is 9.59 Å². The van der Waals surface area contributed by atoms with Crippen LogP contribution in [0.4, 0.5) is 0 Å². The fourth-order valence-electron chi connectivity index (χ4n) is 3.16. The van der Waals surface area contributed by atoms with Crippen LogP contribution in [0.3, 0.4) is 0 Å². The first-order valence-corrected chi connectivity index (χ1v) is 10.1. The van der Waals surface area contributed by atoms with E-state index in [-0.39, 0.29) is 11.1 Å². The molecular weight excluding hydrogens is 376 g/mol. The summed E-state index contributed by atoms with van der Waals surface area (Å²) in [7, 11) is 0. The Bertz CT molecular complexity index is 1010. The van der Waals surface area contributed by atoms with E-state index in [1.165, 1.54) is 0 Å². The van der Waals surface area contributed by atoms with Gasteiger partial charge in [0.15, 0.2) is 0 Å². The molecule has 0 aliphatic carbocycles. The van der Waals surface area contributed by atoms with Crippen molar-refractivity contribution in [3.63, 3.8) is 0 Å². The summed E-state index contributed by atoms with van der Waals surface area (Å²) in [5.41, 5.74) is 1.31. The molecule has 0 aliphatic rings. The number of nitrogens with zero attached hydrogens (tertiary/aromatic N) is 8. The van der Waals surface area contributed by atoms with Crippen molar-refractivity contribution < 1.29 is 0 Å². The first kappa shape index (κ1) is 19.9. The first-order valence-electron chi connectivity index (χ1n) is 10.1. The van der Waals surface area contributed by atoms with E-state index in [4.69, 9.17) is 0 Å². The zero-order valence-electron chi connectivity index (χ0n) is 17.8. The third-order valence-electron chi connectivity index (χ3n) is 5.32. The highest BCUT2D eigenvalue weighted by molar-refractivity contribution is 5.53. The quantitative estimate of drug-likeness (QED) is 0.465. The number of benzene rings is 2. The average molecular weight is 403 g/mol. The molecule has 2 heterocycles. The van der Waals surface area contributed by atoms with Gasteiger partial charge in [0.1, 0.15) is 0 Å². The maximum atomic E-state index is 4.61. The first-order chi connectivity index (χ1) is 14.4. The van der Waals surface area contributed by atoms with Crippen LogP contribution in [0.25, 0.3) is 22.8 Å². The Morgan fingerprint density at radius 1 is 0.600 bits per heavy atom. The standard InChI is InChI=1S/C22H26N8/c1-21(2,29-25-19(23-27-29)17-11-7-5-8-12-17)15-16-22(3,4)30-26-20(24-28-30)18-13-9-6-10-14-18/h5-14H,15-16H2,1-4H3. The van der Waals surface area contributed by atoms with Gasteiger partial charge in [-0.1, -0.05) is 60.7 Å². The minimum absolute atomic E-state index is 0.305. The summed E-state index contributed by atoms with van der Waals surface area (Å²) in [6.45, 7) is 8.46. The molecule has 2 aromatic heterocycles. The molecule has 0 saturated carbocycles. The highest BCUT2D eigenvalue weighted by Gasteiger charge is 2.31. The molecule has 0 aliphatic heterocycles. The van der Waals surface area contributed by atoms with Gasteiger partial charge in [-0.05, 0) is 51.0 Å². The molecule has 0 fully saturated rings. The molecule has 0 N–H and O–H groups in total. The van der Waals surface area contributed by atoms with Crippen LogP contribution in [-0.2, 0) is 11.1 Å². The van der Waals surface area contributed by atoms with Crippen molar-refractivity contribution in [1.82, 2.24) is 40.4 Å². The number of hydrogen-bond acceptors (Lipinski definition) is 6. The van der Waals surface area contributed by atoms with Gasteiger partial charge >= 0.3 is 0 Å². The summed E-state index contributed by atoms with van der Waals surface area (Å²) in [6.07, 6.45) is 1.65. The number of aromatic nitrogens is 8. The van der Waals surface area contributed by atoms with E-state index in [0.29, 0.717) is 11.6 Å². The van der Waals surface area contributed by atoms with Crippen LogP contribution in [-0.4, -0.2) is 40.4 Å². The highest BCUT2D eigenvalue weighted by atomic mass is 15.6. The molecule has 0 unspecified atom stereocenters. The SMILES string of the molecule is CC(C)(CCC(C)(C)n1nnc(-c2ccccc2)n1)n1nnc(-c2ccccc2)n1. The second kappa shape index (κ2) is 7.78. The van der Waals surface area contributed by atoms with E-state index >= 15 is 0 Å². The number of hydrogen-bond donors (Lipinski definition) is 0. The third kappa shape index (κ3) is 4.12. The second-order valence-electron chi connectivity index (χ2n) is 8.66. The number of rotatable bonds is 7. The minimum Gasteiger partial charge on any atom is -0.158 e. The van der Waals surface area contributed by atoms with Crippen LogP contribution in [0.5, 0.6) is 0 Å². The molecule has 0 amide bonds. The van der Waals surface area contributed by atoms with Crippen LogP contribution in [0, 0.1) is 0 Å². The summed E-state index contributed by atoms with van der Waals surface area (Å²) < 4.78 is 0. The fraction of sp³-hybridized carbons (Fsp3) is 0.364. The Labute approximate surface area is 175 Å². The zero-order chi connectivity index (χ0) is 21.2. The lowest BCUT2D eigenvalue weighted by atomic mass is 9.90. The molecule has 0 atom stereocenters. The van der Waals surface area contributed by atoms with Gasteiger partial charge in [-0.2, -0.15) is 9.59 Å². The van der Waals surface area contributed by atoms with E-state index in [0.717, 1.165) is 24.0 Å². The van der Waals surface area contributed by atoms with Gasteiger partial charge in [0.2, 0.25) is 11.6 Å². The normalized spacial score (nSPS) is 12.3. The monoisotopic (exact) mass is 402 g/mol. The van der Waals surface area contributed by atoms with E-state index in [9.17, 15) is 0 Å². The van der Waals surface area contributed by atoms with Crippen LogP contribution >= 0.6 is 0 Å². The van der Waals surface area contributed by atoms with E-state index in [1.807, 2.05) is 60.7 Å². The van der Waals surface area contributed by atoms with Gasteiger partial charge in [0, 0.05) is 11.1 Å². The second-order valence-corrected chi connectivity index (χ2v) is 8.66. The lowest BCUT2D eigenvalue weighted by Gasteiger charge is -2.29. The summed E-state index contributed by atoms with van der Waals surface area (Å²) in [5.74, 6) is 1.27. The van der Waals surface area contributed by atoms with Crippen molar-refractivity contribution >= 4 is 0 Å². The molecule has 2 aromatic carbocycles. The molecule has 30 heavy (non-hydrogen) atoms. The Kier molecular flexibility index (Phi) is 5.15. The Morgan fingerprint density at radius 2 is 0.967 bits per heavy atom. The topological polar surface area (TPSA) is 87.2 Å². The van der Waals surface area contributed by atoms with Crippen molar-refractivity contribution in [3.8, 4) is 22.8 Å². The summed E-state index contributed by atoms with van der Waals surface area (Å²) in [6, 6.07) is 19.8. The van der Waals surface area contributed by atoms with Crippen molar-refractivity contribution in [3.05, 3.63) is 60.7 Å². The van der Waals surface area contributed by atoms with Crippen LogP contribution in [0.2, 0.25) is 0 Å². The molecule has 4 rings (SSSR count). The van der Waals surface area contributed by atoms with Gasteiger partial charge in [0.25, 0.3) is 0 Å². The van der Waals surface area contributed by atoms with Gasteiger partial charge in [-0.25, -0.2) is 0 Å². The zero-order valence-corrected chi connectivity index (χ0v) is 17.8. The van der Waals surface area contributed by atoms with Gasteiger partial charge < -0.3 is 0 Å². The van der Waals surface area contributed by atoms with Crippen LogP contribution < -0.4 is 0 Å². The van der Waals surface area contributed by atoms with E-state index < -0.39 is 0 Å². The predicted octanol–water partition coefficient (Wildman–Crippen LogP) is 3.94. The fourth-order valence-corrected chi connectivity index (χ4v) is 3.16. The molecule has 154 valence electrons. The van der Waals surface area contributed by atoms with Crippen LogP contribution in [0.1, 0.15) is 40.5 Å². The van der Waals surface area contributed by atoms with Crippen molar-refractivity contribution in [2.45, 2.75) is 51.6 Å². The largest absolute Gasteiger partial charge is 0.204 e. The predicted molar refractivity (Wildman–Crippen MR) is 114 cm³/mol. The van der Waals surface area contributed by atoms with E-state index in [2.05, 4.69) is 58.5 Å². The molecule has 8 heteroatoms. The van der Waals surface area contributed by atoms with Crippen LogP contribution in [0.15, 0.2) is 60.7 Å². The van der Waals surface area contributed by atoms with Gasteiger partial charge in [-0.3, -0.25) is 0 Å². The summed E-state index contributed by atoms with van der Waals surface area (Å²) in [4.78, 5) is 3.41. The van der Waals surface area contributed by atoms with Gasteiger partial charge in [0.05, 0.1) is 11.1 Å². The Hall–Kier alpha value is -3.42. The minimum atomic E-state index is -0.305. The molecule has 0 spiro atoms. The third-order valence-corrected chi connectivity index (χ3v) is 5.32. The molecule has 0 bridgehead atoms. The number of tetrazole rings is 2. The maximum absolute atomic E-state index is 4.61. The molecule has 0 radical (unpaired) electrons. The van der Waals surface area contributed by atoms with Gasteiger partial charge in [-0.15, -0.1) is 20.4 Å². The summed E-state index contributed by atoms with van der Waals surface area (Å²) in [5, 5.41) is 26.3.